The number of carbonyl (C=O) groups excluding carboxylic acids is 1. The molecule has 8 nitrogen and oxygen atoms in total. The maximum atomic E-state index is 12.4. The lowest BCUT2D eigenvalue weighted by molar-refractivity contribution is 0.0929. The summed E-state index contributed by atoms with van der Waals surface area (Å²) in [6, 6.07) is 5.79. The number of nitrogens with zero attached hydrogens (tertiary/aromatic N) is 5. The van der Waals surface area contributed by atoms with Crippen LogP contribution in [0.25, 0.3) is 22.2 Å². The minimum absolute atomic E-state index is 0.0219. The van der Waals surface area contributed by atoms with Crippen molar-refractivity contribution in [2.45, 2.75) is 12.5 Å². The molecule has 0 aliphatic carbocycles. The van der Waals surface area contributed by atoms with E-state index < -0.39 is 0 Å². The lowest BCUT2D eigenvalue weighted by atomic mass is 10.1. The van der Waals surface area contributed by atoms with Crippen LogP contribution in [0.3, 0.4) is 0 Å². The Kier molecular flexibility index (Phi) is 3.61. The lowest BCUT2D eigenvalue weighted by Crippen LogP contribution is -2.36. The van der Waals surface area contributed by atoms with E-state index in [0.29, 0.717) is 13.1 Å². The summed E-state index contributed by atoms with van der Waals surface area (Å²) < 4.78 is 1.75. The van der Waals surface area contributed by atoms with E-state index >= 15 is 0 Å². The number of rotatable bonds is 3. The number of benzene rings is 1. The van der Waals surface area contributed by atoms with Gasteiger partial charge in [0.15, 0.2) is 12.0 Å². The summed E-state index contributed by atoms with van der Waals surface area (Å²) in [5, 5.41) is 16.0. The van der Waals surface area contributed by atoms with Crippen LogP contribution in [0.1, 0.15) is 17.0 Å². The average molecular weight is 335 g/mol. The molecule has 1 aromatic carbocycles. The molecule has 126 valence electrons. The standard InChI is InChI=1S/C17H17N7O/c1-23-8-12(7-19-23)11-2-3-14-15(6-11)22-16(21-14)17(25)20-13-4-5-24(9-13)10-18/h2-3,6-8,13H,4-5,9H2,1H3,(H,20,25)(H,21,22). The van der Waals surface area contributed by atoms with Gasteiger partial charge < -0.3 is 15.2 Å². The monoisotopic (exact) mass is 335 g/mol. The molecule has 1 atom stereocenters. The highest BCUT2D eigenvalue weighted by Gasteiger charge is 2.24. The zero-order valence-electron chi connectivity index (χ0n) is 13.7. The van der Waals surface area contributed by atoms with E-state index in [2.05, 4.69) is 26.6 Å². The second-order valence-corrected chi connectivity index (χ2v) is 6.23. The number of aromatic amines is 1. The Balaban J connectivity index is 1.55. The maximum absolute atomic E-state index is 12.4. The van der Waals surface area contributed by atoms with E-state index in [1.807, 2.05) is 31.4 Å². The maximum Gasteiger partial charge on any atom is 0.287 e. The normalized spacial score (nSPS) is 17.0. The molecule has 1 unspecified atom stereocenters. The highest BCUT2D eigenvalue weighted by atomic mass is 16.2. The molecule has 3 aromatic rings. The number of nitrogens with one attached hydrogen (secondary N) is 2. The van der Waals surface area contributed by atoms with Crippen molar-refractivity contribution in [2.75, 3.05) is 13.1 Å². The number of carbonyl (C=O) groups is 1. The second kappa shape index (κ2) is 5.94. The molecule has 0 radical (unpaired) electrons. The topological polar surface area (TPSA) is 103 Å². The number of hydrogen-bond acceptors (Lipinski definition) is 5. The van der Waals surface area contributed by atoms with Crippen LogP contribution in [0.15, 0.2) is 30.6 Å². The van der Waals surface area contributed by atoms with Crippen molar-refractivity contribution in [3.63, 3.8) is 0 Å². The summed E-state index contributed by atoms with van der Waals surface area (Å²) in [6.45, 7) is 1.23. The molecule has 2 N–H and O–H groups in total. The molecule has 1 saturated heterocycles. The number of hydrogen-bond donors (Lipinski definition) is 2. The third kappa shape index (κ3) is 2.92. The Bertz CT molecular complexity index is 980. The summed E-state index contributed by atoms with van der Waals surface area (Å²) in [6.07, 6.45) is 6.61. The van der Waals surface area contributed by atoms with Crippen LogP contribution in [-0.4, -0.2) is 49.7 Å². The Morgan fingerprint density at radius 2 is 2.32 bits per heavy atom. The molecule has 0 bridgehead atoms. The second-order valence-electron chi connectivity index (χ2n) is 6.23. The SMILES string of the molecule is Cn1cc(-c2ccc3nc(C(=O)NC4CCN(C#N)C4)[nH]c3c2)cn1. The van der Waals surface area contributed by atoms with Crippen LogP contribution in [0.5, 0.6) is 0 Å². The molecule has 1 aliphatic rings. The quantitative estimate of drug-likeness (QED) is 0.701. The molecule has 1 aliphatic heterocycles. The molecule has 4 rings (SSSR count). The first-order valence-corrected chi connectivity index (χ1v) is 8.07. The molecule has 2 aromatic heterocycles. The lowest BCUT2D eigenvalue weighted by Gasteiger charge is -2.10. The first-order chi connectivity index (χ1) is 12.1. The van der Waals surface area contributed by atoms with E-state index in [4.69, 9.17) is 5.26 Å². The van der Waals surface area contributed by atoms with E-state index in [1.165, 1.54) is 0 Å². The zero-order chi connectivity index (χ0) is 17.4. The van der Waals surface area contributed by atoms with Gasteiger partial charge in [0, 0.05) is 37.9 Å². The molecule has 1 amide bonds. The summed E-state index contributed by atoms with van der Waals surface area (Å²) >= 11 is 0. The molecule has 3 heterocycles. The Morgan fingerprint density at radius 1 is 1.44 bits per heavy atom. The predicted octanol–water partition coefficient (Wildman–Crippen LogP) is 1.25. The number of aromatic nitrogens is 4. The molecule has 8 heteroatoms. The Labute approximate surface area is 144 Å². The van der Waals surface area contributed by atoms with Crippen molar-refractivity contribution >= 4 is 16.9 Å². The van der Waals surface area contributed by atoms with Gasteiger partial charge in [-0.15, -0.1) is 0 Å². The van der Waals surface area contributed by atoms with Crippen LogP contribution in [0.4, 0.5) is 0 Å². The van der Waals surface area contributed by atoms with Gasteiger partial charge in [-0.1, -0.05) is 6.07 Å². The third-order valence-electron chi connectivity index (χ3n) is 4.40. The summed E-state index contributed by atoms with van der Waals surface area (Å²) in [7, 11) is 1.87. The summed E-state index contributed by atoms with van der Waals surface area (Å²) in [5.41, 5.74) is 3.56. The number of H-pyrrole nitrogens is 1. The molecular weight excluding hydrogens is 318 g/mol. The van der Waals surface area contributed by atoms with Gasteiger partial charge in [-0.05, 0) is 24.1 Å². The van der Waals surface area contributed by atoms with Gasteiger partial charge in [0.1, 0.15) is 0 Å². The van der Waals surface area contributed by atoms with Gasteiger partial charge in [-0.2, -0.15) is 10.4 Å². The first-order valence-electron chi connectivity index (χ1n) is 8.07. The third-order valence-corrected chi connectivity index (χ3v) is 4.40. The number of fused-ring (bicyclic) bond motifs is 1. The van der Waals surface area contributed by atoms with Crippen LogP contribution >= 0.6 is 0 Å². The van der Waals surface area contributed by atoms with Crippen molar-refractivity contribution in [1.82, 2.24) is 30.0 Å². The predicted molar refractivity (Wildman–Crippen MR) is 91.4 cm³/mol. The highest BCUT2D eigenvalue weighted by molar-refractivity contribution is 5.95. The smallest absolute Gasteiger partial charge is 0.287 e. The Hall–Kier alpha value is -3.34. The van der Waals surface area contributed by atoms with Gasteiger partial charge in [0.05, 0.1) is 17.2 Å². The van der Waals surface area contributed by atoms with Crippen molar-refractivity contribution < 1.29 is 4.79 Å². The van der Waals surface area contributed by atoms with Gasteiger partial charge in [-0.3, -0.25) is 9.48 Å². The number of nitriles is 1. The minimum atomic E-state index is -0.246. The van der Waals surface area contributed by atoms with Crippen molar-refractivity contribution in [3.05, 3.63) is 36.4 Å². The average Bonchev–Trinajstić information content (AvgIpc) is 3.32. The minimum Gasteiger partial charge on any atom is -0.345 e. The van der Waals surface area contributed by atoms with Crippen LogP contribution in [0.2, 0.25) is 0 Å². The Morgan fingerprint density at radius 3 is 3.04 bits per heavy atom. The largest absolute Gasteiger partial charge is 0.345 e. The van der Waals surface area contributed by atoms with E-state index in [-0.39, 0.29) is 17.8 Å². The van der Waals surface area contributed by atoms with Gasteiger partial charge >= 0.3 is 0 Å². The summed E-state index contributed by atoms with van der Waals surface area (Å²) in [4.78, 5) is 21.5. The molecule has 1 fully saturated rings. The highest BCUT2D eigenvalue weighted by Crippen LogP contribution is 2.23. The number of likely N-dealkylation sites (tertiary alicyclic amines) is 1. The zero-order valence-corrected chi connectivity index (χ0v) is 13.7. The fourth-order valence-corrected chi connectivity index (χ4v) is 3.09. The van der Waals surface area contributed by atoms with E-state index in [1.54, 1.807) is 15.8 Å². The van der Waals surface area contributed by atoms with Gasteiger partial charge in [0.25, 0.3) is 5.91 Å². The van der Waals surface area contributed by atoms with Crippen LogP contribution in [-0.2, 0) is 7.05 Å². The number of amides is 1. The van der Waals surface area contributed by atoms with Crippen molar-refractivity contribution in [3.8, 4) is 17.3 Å². The van der Waals surface area contributed by atoms with Crippen LogP contribution in [0, 0.1) is 11.5 Å². The fourth-order valence-electron chi connectivity index (χ4n) is 3.09. The molecular formula is C17H17N7O. The summed E-state index contributed by atoms with van der Waals surface area (Å²) in [5.74, 6) is 0.0395. The molecule has 0 saturated carbocycles. The van der Waals surface area contributed by atoms with Crippen molar-refractivity contribution in [2.24, 2.45) is 7.05 Å². The van der Waals surface area contributed by atoms with E-state index in [0.717, 1.165) is 28.6 Å². The number of aryl methyl sites for hydroxylation is 1. The van der Waals surface area contributed by atoms with E-state index in [9.17, 15) is 4.79 Å². The fraction of sp³-hybridized carbons (Fsp3) is 0.294. The van der Waals surface area contributed by atoms with Gasteiger partial charge in [0.2, 0.25) is 0 Å². The number of imidazole rings is 1. The van der Waals surface area contributed by atoms with Crippen LogP contribution < -0.4 is 5.32 Å². The van der Waals surface area contributed by atoms with Gasteiger partial charge in [-0.25, -0.2) is 4.98 Å². The molecule has 0 spiro atoms. The first kappa shape index (κ1) is 15.2. The van der Waals surface area contributed by atoms with Crippen molar-refractivity contribution in [1.29, 1.82) is 5.26 Å². The molecule has 25 heavy (non-hydrogen) atoms.